The average Bonchev–Trinajstić information content (AvgIpc) is 2.97. The van der Waals surface area contributed by atoms with Gasteiger partial charge in [-0.2, -0.15) is 10.2 Å². The highest BCUT2D eigenvalue weighted by Crippen LogP contribution is 2.45. The fraction of sp³-hybridized carbons (Fsp3) is 0.231. The molecule has 0 radical (unpaired) electrons. The normalized spacial score (nSPS) is 22.1. The number of benzene rings is 1. The fourth-order valence-corrected chi connectivity index (χ4v) is 4.01. The molecule has 6 heteroatoms. The van der Waals surface area contributed by atoms with Crippen LogP contribution in [0.3, 0.4) is 0 Å². The van der Waals surface area contributed by atoms with Gasteiger partial charge in [0.25, 0.3) is 0 Å². The SMILES string of the molecule is Clc1cc(Cl)c(C2CC(c3cccs3)N=N2)c(Cl)c1. The van der Waals surface area contributed by atoms with Gasteiger partial charge >= 0.3 is 0 Å². The highest BCUT2D eigenvalue weighted by molar-refractivity contribution is 7.10. The van der Waals surface area contributed by atoms with E-state index in [1.807, 2.05) is 11.4 Å². The van der Waals surface area contributed by atoms with Crippen LogP contribution in [-0.2, 0) is 0 Å². The number of hydrogen-bond donors (Lipinski definition) is 0. The van der Waals surface area contributed by atoms with Crippen LogP contribution in [-0.4, -0.2) is 0 Å². The van der Waals surface area contributed by atoms with E-state index in [0.29, 0.717) is 15.1 Å². The minimum Gasteiger partial charge on any atom is -0.185 e. The van der Waals surface area contributed by atoms with Gasteiger partial charge in [-0.1, -0.05) is 40.9 Å². The first-order valence-corrected chi connectivity index (χ1v) is 7.74. The van der Waals surface area contributed by atoms with E-state index in [9.17, 15) is 0 Å². The Morgan fingerprint density at radius 1 is 1.05 bits per heavy atom. The Bertz CT molecular complexity index is 602. The van der Waals surface area contributed by atoms with Gasteiger partial charge in [-0.25, -0.2) is 0 Å². The van der Waals surface area contributed by atoms with Crippen molar-refractivity contribution in [3.05, 3.63) is 55.2 Å². The number of halogens is 3. The lowest BCUT2D eigenvalue weighted by Gasteiger charge is -2.12. The summed E-state index contributed by atoms with van der Waals surface area (Å²) in [6.45, 7) is 0. The van der Waals surface area contributed by atoms with Crippen molar-refractivity contribution in [2.75, 3.05) is 0 Å². The Balaban J connectivity index is 1.88. The Kier molecular flexibility index (Phi) is 3.81. The molecule has 0 N–H and O–H groups in total. The monoisotopic (exact) mass is 330 g/mol. The van der Waals surface area contributed by atoms with Crippen molar-refractivity contribution in [3.63, 3.8) is 0 Å². The summed E-state index contributed by atoms with van der Waals surface area (Å²) in [5.74, 6) is 0. The summed E-state index contributed by atoms with van der Waals surface area (Å²) in [5, 5.41) is 12.3. The molecule has 2 heterocycles. The van der Waals surface area contributed by atoms with E-state index >= 15 is 0 Å². The zero-order chi connectivity index (χ0) is 13.4. The van der Waals surface area contributed by atoms with Gasteiger partial charge in [-0.15, -0.1) is 11.3 Å². The van der Waals surface area contributed by atoms with Crippen LogP contribution in [0.5, 0.6) is 0 Å². The van der Waals surface area contributed by atoms with Gasteiger partial charge in [-0.3, -0.25) is 0 Å². The number of rotatable bonds is 2. The van der Waals surface area contributed by atoms with E-state index < -0.39 is 0 Å². The lowest BCUT2D eigenvalue weighted by molar-refractivity contribution is 0.667. The molecule has 0 fully saturated rings. The van der Waals surface area contributed by atoms with Crippen LogP contribution in [0.15, 0.2) is 39.9 Å². The van der Waals surface area contributed by atoms with Crippen LogP contribution in [0.4, 0.5) is 0 Å². The van der Waals surface area contributed by atoms with Gasteiger partial charge in [0.2, 0.25) is 0 Å². The van der Waals surface area contributed by atoms with Gasteiger partial charge < -0.3 is 0 Å². The standard InChI is InChI=1S/C13H9Cl3N2S/c14-7-4-8(15)13(9(16)5-7)11-6-10(17-18-11)12-2-1-3-19-12/h1-5,10-11H,6H2. The molecule has 1 aromatic heterocycles. The van der Waals surface area contributed by atoms with E-state index in [4.69, 9.17) is 34.8 Å². The Morgan fingerprint density at radius 2 is 1.74 bits per heavy atom. The third-order valence-corrected chi connectivity index (χ3v) is 4.86. The molecule has 2 aromatic rings. The van der Waals surface area contributed by atoms with Crippen LogP contribution in [0.2, 0.25) is 15.1 Å². The largest absolute Gasteiger partial charge is 0.185 e. The molecule has 1 aromatic carbocycles. The molecule has 0 aliphatic carbocycles. The van der Waals surface area contributed by atoms with Gasteiger partial charge in [0, 0.05) is 31.9 Å². The second-order valence-corrected chi connectivity index (χ2v) is 6.53. The Morgan fingerprint density at radius 3 is 2.37 bits per heavy atom. The maximum atomic E-state index is 6.22. The summed E-state index contributed by atoms with van der Waals surface area (Å²) >= 11 is 20.0. The molecule has 0 saturated carbocycles. The second kappa shape index (κ2) is 5.41. The van der Waals surface area contributed by atoms with Crippen molar-refractivity contribution in [3.8, 4) is 0 Å². The van der Waals surface area contributed by atoms with Crippen LogP contribution < -0.4 is 0 Å². The van der Waals surface area contributed by atoms with E-state index in [1.165, 1.54) is 4.88 Å². The van der Waals surface area contributed by atoms with Crippen molar-refractivity contribution in [1.82, 2.24) is 0 Å². The van der Waals surface area contributed by atoms with Crippen LogP contribution in [0, 0.1) is 0 Å². The van der Waals surface area contributed by atoms with Gasteiger partial charge in [-0.05, 0) is 23.6 Å². The van der Waals surface area contributed by atoms with Gasteiger partial charge in [0.05, 0.1) is 0 Å². The topological polar surface area (TPSA) is 24.7 Å². The molecule has 19 heavy (non-hydrogen) atoms. The molecule has 0 bridgehead atoms. The lowest BCUT2D eigenvalue weighted by atomic mass is 10.0. The summed E-state index contributed by atoms with van der Waals surface area (Å²) in [7, 11) is 0. The lowest BCUT2D eigenvalue weighted by Crippen LogP contribution is -1.97. The summed E-state index contributed by atoms with van der Waals surface area (Å²) in [6, 6.07) is 7.49. The fourth-order valence-electron chi connectivity index (χ4n) is 2.17. The van der Waals surface area contributed by atoms with E-state index in [-0.39, 0.29) is 12.1 Å². The summed E-state index contributed by atoms with van der Waals surface area (Å²) in [5.41, 5.74) is 0.815. The predicted octanol–water partition coefficient (Wildman–Crippen LogP) is 6.35. The Hall–Kier alpha value is -0.610. The summed E-state index contributed by atoms with van der Waals surface area (Å²) in [4.78, 5) is 1.22. The first-order chi connectivity index (χ1) is 9.15. The minimum atomic E-state index is -0.0932. The molecule has 3 rings (SSSR count). The smallest absolute Gasteiger partial charge is 0.107 e. The zero-order valence-corrected chi connectivity index (χ0v) is 12.8. The average molecular weight is 332 g/mol. The summed E-state index contributed by atoms with van der Waals surface area (Å²) in [6.07, 6.45) is 0.793. The van der Waals surface area contributed by atoms with E-state index in [1.54, 1.807) is 23.5 Å². The molecule has 0 saturated heterocycles. The molecule has 1 aliphatic rings. The predicted molar refractivity (Wildman–Crippen MR) is 80.7 cm³/mol. The zero-order valence-electron chi connectivity index (χ0n) is 9.69. The molecule has 2 nitrogen and oxygen atoms in total. The van der Waals surface area contributed by atoms with Crippen molar-refractivity contribution < 1.29 is 0 Å². The minimum absolute atomic E-state index is 0.0932. The number of hydrogen-bond acceptors (Lipinski definition) is 3. The highest BCUT2D eigenvalue weighted by atomic mass is 35.5. The molecule has 2 atom stereocenters. The van der Waals surface area contributed by atoms with Crippen molar-refractivity contribution >= 4 is 46.1 Å². The van der Waals surface area contributed by atoms with Crippen LogP contribution >= 0.6 is 46.1 Å². The van der Waals surface area contributed by atoms with E-state index in [2.05, 4.69) is 16.3 Å². The van der Waals surface area contributed by atoms with Crippen molar-refractivity contribution in [1.29, 1.82) is 0 Å². The van der Waals surface area contributed by atoms with Crippen LogP contribution in [0.25, 0.3) is 0 Å². The third kappa shape index (κ3) is 2.65. The molecule has 98 valence electrons. The Labute approximate surface area is 130 Å². The number of nitrogens with zero attached hydrogens (tertiary/aromatic N) is 2. The van der Waals surface area contributed by atoms with Gasteiger partial charge in [0.1, 0.15) is 12.1 Å². The molecular formula is C13H9Cl3N2S. The highest BCUT2D eigenvalue weighted by Gasteiger charge is 2.28. The molecule has 0 amide bonds. The maximum absolute atomic E-state index is 6.22. The number of thiophene rings is 1. The molecule has 0 spiro atoms. The number of azo groups is 1. The van der Waals surface area contributed by atoms with Crippen molar-refractivity contribution in [2.24, 2.45) is 10.2 Å². The first-order valence-electron chi connectivity index (χ1n) is 5.73. The third-order valence-electron chi connectivity index (χ3n) is 3.04. The summed E-state index contributed by atoms with van der Waals surface area (Å²) < 4.78 is 0. The van der Waals surface area contributed by atoms with E-state index in [0.717, 1.165) is 12.0 Å². The van der Waals surface area contributed by atoms with Crippen LogP contribution in [0.1, 0.15) is 28.9 Å². The molecule has 2 unspecified atom stereocenters. The maximum Gasteiger partial charge on any atom is 0.107 e. The molecular weight excluding hydrogens is 323 g/mol. The van der Waals surface area contributed by atoms with Crippen molar-refractivity contribution in [2.45, 2.75) is 18.5 Å². The van der Waals surface area contributed by atoms with Gasteiger partial charge in [0.15, 0.2) is 0 Å². The molecule has 1 aliphatic heterocycles. The first kappa shape index (κ1) is 13.4. The second-order valence-electron chi connectivity index (χ2n) is 4.30. The quantitative estimate of drug-likeness (QED) is 0.613.